The predicted octanol–water partition coefficient (Wildman–Crippen LogP) is 2.20. The van der Waals surface area contributed by atoms with Crippen LogP contribution in [-0.2, 0) is 24.2 Å². The lowest BCUT2D eigenvalue weighted by molar-refractivity contribution is -0.302. The number of hydrogen-bond acceptors (Lipinski definition) is 6. The molecule has 0 saturated carbocycles. The van der Waals surface area contributed by atoms with E-state index in [1.54, 1.807) is 0 Å². The van der Waals surface area contributed by atoms with Gasteiger partial charge in [-0.05, 0) is 38.2 Å². The van der Waals surface area contributed by atoms with E-state index in [4.69, 9.17) is 0 Å². The molecule has 0 radical (unpaired) electrons. The largest absolute Gasteiger partial charge is 0.438 e. The summed E-state index contributed by atoms with van der Waals surface area (Å²) in [7, 11) is 0. The molecule has 2 aromatic rings. The molecule has 1 atom stereocenters. The van der Waals surface area contributed by atoms with Crippen LogP contribution in [0, 0.1) is 0 Å². The smallest absolute Gasteiger partial charge is 0.362 e. The van der Waals surface area contributed by atoms with Gasteiger partial charge in [-0.1, -0.05) is 0 Å². The fourth-order valence-corrected chi connectivity index (χ4v) is 4.93. The molecule has 4 rings (SSSR count). The van der Waals surface area contributed by atoms with Gasteiger partial charge in [0, 0.05) is 17.0 Å². The topological polar surface area (TPSA) is 87.8 Å². The Bertz CT molecular complexity index is 1060. The van der Waals surface area contributed by atoms with Gasteiger partial charge in [0.25, 0.3) is 17.2 Å². The van der Waals surface area contributed by atoms with Gasteiger partial charge in [0.15, 0.2) is 0 Å². The molecule has 0 unspecified atom stereocenters. The van der Waals surface area contributed by atoms with E-state index in [2.05, 4.69) is 10.1 Å². The van der Waals surface area contributed by atoms with Crippen molar-refractivity contribution in [1.29, 1.82) is 0 Å². The minimum atomic E-state index is -5.08. The highest BCUT2D eigenvalue weighted by molar-refractivity contribution is 7.18. The molecule has 150 valence electrons. The van der Waals surface area contributed by atoms with Gasteiger partial charge in [-0.3, -0.25) is 14.2 Å². The number of rotatable bonds is 2. The molecule has 1 aliphatic heterocycles. The molecule has 1 aliphatic carbocycles. The molecule has 0 saturated heterocycles. The molecular formula is C17H17F3N4O3S. The summed E-state index contributed by atoms with van der Waals surface area (Å²) in [5, 5.41) is 14.1. The van der Waals surface area contributed by atoms with Crippen LogP contribution in [-0.4, -0.2) is 43.2 Å². The van der Waals surface area contributed by atoms with Crippen molar-refractivity contribution < 1.29 is 23.1 Å². The van der Waals surface area contributed by atoms with Crippen LogP contribution in [0.25, 0.3) is 10.2 Å². The monoisotopic (exact) mass is 414 g/mol. The molecule has 1 N–H and O–H groups in total. The Morgan fingerprint density at radius 3 is 2.79 bits per heavy atom. The molecule has 0 fully saturated rings. The molecule has 0 aromatic carbocycles. The van der Waals surface area contributed by atoms with Crippen molar-refractivity contribution in [2.75, 3.05) is 0 Å². The van der Waals surface area contributed by atoms with Crippen LogP contribution < -0.4 is 5.56 Å². The number of nitrogens with zero attached hydrogens (tertiary/aromatic N) is 4. The van der Waals surface area contributed by atoms with Crippen LogP contribution in [0.2, 0.25) is 0 Å². The summed E-state index contributed by atoms with van der Waals surface area (Å²) < 4.78 is 40.9. The maximum absolute atomic E-state index is 13.3. The third-order valence-electron chi connectivity index (χ3n) is 5.06. The first-order chi connectivity index (χ1) is 13.1. The second kappa shape index (κ2) is 6.38. The van der Waals surface area contributed by atoms with Gasteiger partial charge < -0.3 is 5.11 Å². The Kier molecular flexibility index (Phi) is 4.34. The number of halogens is 3. The van der Waals surface area contributed by atoms with Gasteiger partial charge >= 0.3 is 6.18 Å². The fraction of sp³-hybridized carbons (Fsp3) is 0.529. The number of aryl methyl sites for hydroxylation is 2. The van der Waals surface area contributed by atoms with Crippen LogP contribution in [0.3, 0.4) is 0 Å². The first-order valence-corrected chi connectivity index (χ1v) is 9.59. The molecular weight excluding hydrogens is 397 g/mol. The van der Waals surface area contributed by atoms with E-state index in [1.807, 2.05) is 0 Å². The van der Waals surface area contributed by atoms with E-state index in [0.29, 0.717) is 10.2 Å². The lowest BCUT2D eigenvalue weighted by Gasteiger charge is -2.32. The van der Waals surface area contributed by atoms with Crippen molar-refractivity contribution in [2.45, 2.75) is 57.5 Å². The van der Waals surface area contributed by atoms with Crippen LogP contribution in [0.15, 0.2) is 16.2 Å². The molecule has 3 heterocycles. The summed E-state index contributed by atoms with van der Waals surface area (Å²) in [4.78, 5) is 31.3. The van der Waals surface area contributed by atoms with Crippen molar-refractivity contribution in [3.8, 4) is 0 Å². The Morgan fingerprint density at radius 2 is 2.07 bits per heavy atom. The minimum absolute atomic E-state index is 0.0268. The van der Waals surface area contributed by atoms with Crippen LogP contribution in [0.1, 0.15) is 36.6 Å². The zero-order valence-electron chi connectivity index (χ0n) is 14.9. The molecule has 0 spiro atoms. The quantitative estimate of drug-likeness (QED) is 0.816. The summed E-state index contributed by atoms with van der Waals surface area (Å²) in [6.45, 7) is 0.600. The third kappa shape index (κ3) is 2.84. The fourth-order valence-electron chi connectivity index (χ4n) is 3.71. The summed E-state index contributed by atoms with van der Waals surface area (Å²) in [6, 6.07) is 0. The standard InChI is InChI=1S/C17H17F3N4O3S/c1-9-6-16(27,17(18,19)20)24(22-9)12(25)7-23-8-21-14-13(15(23)26)10-4-2-3-5-11(10)28-14/h8,27H,2-7H2,1H3/t16-/m0/s1. The molecule has 2 aliphatic rings. The summed E-state index contributed by atoms with van der Waals surface area (Å²) in [6.07, 6.45) is -1.15. The highest BCUT2D eigenvalue weighted by Crippen LogP contribution is 2.40. The number of fused-ring (bicyclic) bond motifs is 3. The van der Waals surface area contributed by atoms with Crippen molar-refractivity contribution in [1.82, 2.24) is 14.6 Å². The number of aliphatic hydroxyl groups is 1. The zero-order valence-corrected chi connectivity index (χ0v) is 15.7. The molecule has 1 amide bonds. The van der Waals surface area contributed by atoms with Crippen molar-refractivity contribution in [3.05, 3.63) is 27.1 Å². The lowest BCUT2D eigenvalue weighted by atomic mass is 9.97. The van der Waals surface area contributed by atoms with Gasteiger partial charge in [0.2, 0.25) is 0 Å². The molecule has 2 aromatic heterocycles. The normalized spacial score (nSPS) is 22.5. The summed E-state index contributed by atoms with van der Waals surface area (Å²) in [5.41, 5.74) is -2.97. The van der Waals surface area contributed by atoms with Crippen molar-refractivity contribution >= 4 is 33.2 Å². The van der Waals surface area contributed by atoms with E-state index in [0.717, 1.165) is 47.0 Å². The highest BCUT2D eigenvalue weighted by Gasteiger charge is 2.62. The Hall–Kier alpha value is -2.27. The van der Waals surface area contributed by atoms with Gasteiger partial charge in [-0.2, -0.15) is 23.3 Å². The average molecular weight is 414 g/mol. The first-order valence-electron chi connectivity index (χ1n) is 8.78. The minimum Gasteiger partial charge on any atom is -0.362 e. The number of carbonyl (C=O) groups excluding carboxylic acids is 1. The number of alkyl halides is 3. The maximum atomic E-state index is 13.3. The summed E-state index contributed by atoms with van der Waals surface area (Å²) in [5.74, 6) is -1.14. The van der Waals surface area contributed by atoms with Gasteiger partial charge in [-0.15, -0.1) is 11.3 Å². The SMILES string of the molecule is CC1=NN(C(=O)Cn2cnc3sc4c(c3c2=O)CCCC4)[C@@](O)(C(F)(F)F)C1. The number of hydrazone groups is 1. The average Bonchev–Trinajstić information content (AvgIpc) is 3.15. The highest BCUT2D eigenvalue weighted by atomic mass is 32.1. The molecule has 7 nitrogen and oxygen atoms in total. The van der Waals surface area contributed by atoms with E-state index in [-0.39, 0.29) is 10.7 Å². The molecule has 0 bridgehead atoms. The van der Waals surface area contributed by atoms with E-state index in [1.165, 1.54) is 18.3 Å². The number of thiophene rings is 1. The molecule has 28 heavy (non-hydrogen) atoms. The van der Waals surface area contributed by atoms with Gasteiger partial charge in [-0.25, -0.2) is 4.98 Å². The van der Waals surface area contributed by atoms with Crippen LogP contribution >= 0.6 is 11.3 Å². The number of hydrogen-bond donors (Lipinski definition) is 1. The number of aromatic nitrogens is 2. The van der Waals surface area contributed by atoms with Gasteiger partial charge in [0.1, 0.15) is 11.4 Å². The van der Waals surface area contributed by atoms with E-state index >= 15 is 0 Å². The summed E-state index contributed by atoms with van der Waals surface area (Å²) >= 11 is 1.44. The van der Waals surface area contributed by atoms with Crippen molar-refractivity contribution in [2.24, 2.45) is 5.10 Å². The van der Waals surface area contributed by atoms with Gasteiger partial charge in [0.05, 0.1) is 11.7 Å². The second-order valence-corrected chi connectivity index (χ2v) is 8.18. The van der Waals surface area contributed by atoms with E-state index in [9.17, 15) is 27.9 Å². The first kappa shape index (κ1) is 19.1. The second-order valence-electron chi connectivity index (χ2n) is 7.10. The molecule has 11 heteroatoms. The number of carbonyl (C=O) groups is 1. The Labute approximate surface area is 161 Å². The van der Waals surface area contributed by atoms with Crippen molar-refractivity contribution in [3.63, 3.8) is 0 Å². The Morgan fingerprint density at radius 1 is 1.36 bits per heavy atom. The van der Waals surface area contributed by atoms with Crippen LogP contribution in [0.5, 0.6) is 0 Å². The van der Waals surface area contributed by atoms with Crippen LogP contribution in [0.4, 0.5) is 13.2 Å². The number of amides is 1. The van der Waals surface area contributed by atoms with E-state index < -0.39 is 36.3 Å². The third-order valence-corrected chi connectivity index (χ3v) is 6.26. The maximum Gasteiger partial charge on any atom is 0.438 e. The zero-order chi connectivity index (χ0) is 20.3. The predicted molar refractivity (Wildman–Crippen MR) is 96.1 cm³/mol. The lowest BCUT2D eigenvalue weighted by Crippen LogP contribution is -2.57. The Balaban J connectivity index is 1.69.